The number of nitrogens with zero attached hydrogens (tertiary/aromatic N) is 1. The van der Waals surface area contributed by atoms with E-state index in [0.717, 1.165) is 12.0 Å². The zero-order valence-electron chi connectivity index (χ0n) is 7.14. The van der Waals surface area contributed by atoms with Crippen molar-refractivity contribution < 1.29 is 4.39 Å². The van der Waals surface area contributed by atoms with Crippen molar-refractivity contribution in [2.45, 2.75) is 25.1 Å². The van der Waals surface area contributed by atoms with E-state index in [0.29, 0.717) is 5.56 Å². The molecule has 0 aromatic carbocycles. The van der Waals surface area contributed by atoms with E-state index < -0.39 is 0 Å². The van der Waals surface area contributed by atoms with E-state index in [4.69, 9.17) is 0 Å². The van der Waals surface area contributed by atoms with Gasteiger partial charge >= 0.3 is 0 Å². The third-order valence-corrected chi connectivity index (χ3v) is 2.93. The molecular formula is C9H11BrFN. The van der Waals surface area contributed by atoms with E-state index in [-0.39, 0.29) is 10.8 Å². The fraction of sp³-hybridized carbons (Fsp3) is 0.444. The summed E-state index contributed by atoms with van der Waals surface area (Å²) in [6, 6.07) is 1.82. The molecule has 1 unspecified atom stereocenters. The maximum atomic E-state index is 12.7. The number of aryl methyl sites for hydroxylation is 1. The molecule has 1 heterocycles. The molecule has 1 aromatic heterocycles. The summed E-state index contributed by atoms with van der Waals surface area (Å²) in [6.07, 6.45) is 2.55. The molecular weight excluding hydrogens is 221 g/mol. The third kappa shape index (κ3) is 2.03. The van der Waals surface area contributed by atoms with Crippen LogP contribution in [-0.4, -0.2) is 4.98 Å². The van der Waals surface area contributed by atoms with E-state index in [1.54, 1.807) is 13.1 Å². The summed E-state index contributed by atoms with van der Waals surface area (Å²) in [7, 11) is 0. The molecule has 1 rings (SSSR count). The van der Waals surface area contributed by atoms with Crippen molar-refractivity contribution in [2.24, 2.45) is 0 Å². The van der Waals surface area contributed by atoms with Gasteiger partial charge < -0.3 is 0 Å². The first-order chi connectivity index (χ1) is 5.65. The van der Waals surface area contributed by atoms with Crippen molar-refractivity contribution in [3.8, 4) is 0 Å². The van der Waals surface area contributed by atoms with Crippen molar-refractivity contribution in [1.29, 1.82) is 0 Å². The summed E-state index contributed by atoms with van der Waals surface area (Å²) < 4.78 is 12.7. The van der Waals surface area contributed by atoms with Crippen LogP contribution in [0.2, 0.25) is 0 Å². The van der Waals surface area contributed by atoms with Gasteiger partial charge in [-0.1, -0.05) is 22.9 Å². The number of pyridine rings is 1. The first-order valence-electron chi connectivity index (χ1n) is 3.91. The minimum absolute atomic E-state index is 0.282. The Kier molecular flexibility index (Phi) is 3.20. The monoisotopic (exact) mass is 231 g/mol. The molecule has 0 aliphatic heterocycles. The highest BCUT2D eigenvalue weighted by Gasteiger charge is 2.06. The Morgan fingerprint density at radius 3 is 2.83 bits per heavy atom. The molecule has 1 atom stereocenters. The fourth-order valence-corrected chi connectivity index (χ4v) is 1.24. The van der Waals surface area contributed by atoms with Gasteiger partial charge in [-0.05, 0) is 25.0 Å². The third-order valence-electron chi connectivity index (χ3n) is 1.76. The van der Waals surface area contributed by atoms with Gasteiger partial charge in [0.25, 0.3) is 0 Å². The van der Waals surface area contributed by atoms with Gasteiger partial charge in [-0.15, -0.1) is 0 Å². The normalized spacial score (nSPS) is 13.0. The molecule has 0 amide bonds. The van der Waals surface area contributed by atoms with Crippen LogP contribution >= 0.6 is 15.9 Å². The molecule has 3 heteroatoms. The number of alkyl halides is 1. The average Bonchev–Trinajstić information content (AvgIpc) is 2.08. The minimum atomic E-state index is -0.380. The Balaban J connectivity index is 2.96. The molecule has 66 valence electrons. The molecule has 1 nitrogen and oxygen atoms in total. The van der Waals surface area contributed by atoms with Crippen LogP contribution in [0.5, 0.6) is 0 Å². The first kappa shape index (κ1) is 9.65. The molecule has 0 radical (unpaired) electrons. The van der Waals surface area contributed by atoms with Gasteiger partial charge in [0, 0.05) is 16.6 Å². The largest absolute Gasteiger partial charge is 0.228 e. The Labute approximate surface area is 80.1 Å². The second-order valence-electron chi connectivity index (χ2n) is 2.75. The number of aromatic nitrogens is 1. The standard InChI is InChI=1S/C9H11BrFN/c1-3-8(10)7-4-6(2)9(11)12-5-7/h4-5,8H,3H2,1-2H3. The lowest BCUT2D eigenvalue weighted by molar-refractivity contribution is 0.572. The molecule has 0 N–H and O–H groups in total. The Morgan fingerprint density at radius 2 is 2.33 bits per heavy atom. The minimum Gasteiger partial charge on any atom is -0.228 e. The maximum Gasteiger partial charge on any atom is 0.215 e. The van der Waals surface area contributed by atoms with Crippen LogP contribution < -0.4 is 0 Å². The number of hydrogen-bond acceptors (Lipinski definition) is 1. The van der Waals surface area contributed by atoms with E-state index in [1.165, 1.54) is 0 Å². The summed E-state index contributed by atoms with van der Waals surface area (Å²) in [5.41, 5.74) is 1.64. The van der Waals surface area contributed by atoms with Gasteiger partial charge in [-0.3, -0.25) is 0 Å². The van der Waals surface area contributed by atoms with E-state index in [2.05, 4.69) is 27.8 Å². The topological polar surface area (TPSA) is 12.9 Å². The highest BCUT2D eigenvalue weighted by molar-refractivity contribution is 9.09. The molecule has 0 saturated carbocycles. The van der Waals surface area contributed by atoms with Crippen LogP contribution in [0.4, 0.5) is 4.39 Å². The SMILES string of the molecule is CCC(Br)c1cnc(F)c(C)c1. The van der Waals surface area contributed by atoms with Crippen molar-refractivity contribution in [3.63, 3.8) is 0 Å². The second-order valence-corrected chi connectivity index (χ2v) is 3.86. The van der Waals surface area contributed by atoms with Gasteiger partial charge in [0.2, 0.25) is 5.95 Å². The summed E-state index contributed by atoms with van der Waals surface area (Å²) >= 11 is 3.48. The molecule has 0 bridgehead atoms. The first-order valence-corrected chi connectivity index (χ1v) is 4.82. The van der Waals surface area contributed by atoms with Gasteiger partial charge in [0.05, 0.1) is 0 Å². The molecule has 12 heavy (non-hydrogen) atoms. The predicted octanol–water partition coefficient (Wildman–Crippen LogP) is 3.38. The van der Waals surface area contributed by atoms with Crippen LogP contribution in [0.25, 0.3) is 0 Å². The maximum absolute atomic E-state index is 12.7. The van der Waals surface area contributed by atoms with E-state index in [1.807, 2.05) is 6.07 Å². The summed E-state index contributed by atoms with van der Waals surface area (Å²) in [6.45, 7) is 3.79. The zero-order chi connectivity index (χ0) is 9.14. The Hall–Kier alpha value is -0.440. The molecule has 0 fully saturated rings. The van der Waals surface area contributed by atoms with Crippen molar-refractivity contribution >= 4 is 15.9 Å². The van der Waals surface area contributed by atoms with E-state index >= 15 is 0 Å². The lowest BCUT2D eigenvalue weighted by Gasteiger charge is -2.06. The van der Waals surface area contributed by atoms with Crippen molar-refractivity contribution in [2.75, 3.05) is 0 Å². The fourth-order valence-electron chi connectivity index (χ4n) is 0.987. The quantitative estimate of drug-likeness (QED) is 0.562. The van der Waals surface area contributed by atoms with Crippen molar-refractivity contribution in [3.05, 3.63) is 29.3 Å². The molecule has 1 aromatic rings. The molecule has 0 aliphatic carbocycles. The molecule has 0 saturated heterocycles. The highest BCUT2D eigenvalue weighted by atomic mass is 79.9. The van der Waals surface area contributed by atoms with Crippen LogP contribution in [0.15, 0.2) is 12.3 Å². The summed E-state index contributed by atoms with van der Waals surface area (Å²) in [5.74, 6) is -0.380. The average molecular weight is 232 g/mol. The molecule has 0 spiro atoms. The lowest BCUT2D eigenvalue weighted by Crippen LogP contribution is -1.94. The van der Waals surface area contributed by atoms with Crippen molar-refractivity contribution in [1.82, 2.24) is 4.98 Å². The number of halogens is 2. The Morgan fingerprint density at radius 1 is 1.67 bits per heavy atom. The predicted molar refractivity (Wildman–Crippen MR) is 50.9 cm³/mol. The van der Waals surface area contributed by atoms with Gasteiger partial charge in [0.15, 0.2) is 0 Å². The van der Waals surface area contributed by atoms with Gasteiger partial charge in [-0.2, -0.15) is 4.39 Å². The van der Waals surface area contributed by atoms with Crippen LogP contribution in [-0.2, 0) is 0 Å². The number of hydrogen-bond donors (Lipinski definition) is 0. The van der Waals surface area contributed by atoms with Gasteiger partial charge in [0.1, 0.15) is 0 Å². The smallest absolute Gasteiger partial charge is 0.215 e. The van der Waals surface area contributed by atoms with E-state index in [9.17, 15) is 4.39 Å². The Bertz CT molecular complexity index is 275. The zero-order valence-corrected chi connectivity index (χ0v) is 8.73. The highest BCUT2D eigenvalue weighted by Crippen LogP contribution is 2.25. The van der Waals surface area contributed by atoms with Crippen LogP contribution in [0, 0.1) is 12.9 Å². The number of rotatable bonds is 2. The van der Waals surface area contributed by atoms with Crippen LogP contribution in [0.3, 0.4) is 0 Å². The molecule has 0 aliphatic rings. The van der Waals surface area contributed by atoms with Gasteiger partial charge in [-0.25, -0.2) is 4.98 Å². The summed E-state index contributed by atoms with van der Waals surface area (Å²) in [4.78, 5) is 3.93. The second kappa shape index (κ2) is 3.99. The lowest BCUT2D eigenvalue weighted by atomic mass is 10.1. The summed E-state index contributed by atoms with van der Waals surface area (Å²) in [5, 5.41) is 0. The van der Waals surface area contributed by atoms with Crippen LogP contribution in [0.1, 0.15) is 29.3 Å².